The van der Waals surface area contributed by atoms with Crippen molar-refractivity contribution >= 4 is 22.6 Å². The first kappa shape index (κ1) is 20.7. The second-order valence-electron chi connectivity index (χ2n) is 7.15. The summed E-state index contributed by atoms with van der Waals surface area (Å²) in [5.41, 5.74) is 0.298. The topological polar surface area (TPSA) is 90.7 Å². The number of rotatable bonds is 5. The van der Waals surface area contributed by atoms with Crippen molar-refractivity contribution in [3.05, 3.63) is 76.2 Å². The Kier molecular flexibility index (Phi) is 6.08. The van der Waals surface area contributed by atoms with Crippen molar-refractivity contribution in [1.82, 2.24) is 14.7 Å². The number of hydrogen-bond donors (Lipinski definition) is 0. The van der Waals surface area contributed by atoms with Gasteiger partial charge in [-0.15, -0.1) is 0 Å². The van der Waals surface area contributed by atoms with Crippen LogP contribution >= 0.6 is 0 Å². The minimum Gasteiger partial charge on any atom is -0.442 e. The molecule has 4 rings (SSSR count). The van der Waals surface area contributed by atoms with E-state index in [0.717, 1.165) is 0 Å². The summed E-state index contributed by atoms with van der Waals surface area (Å²) in [7, 11) is 0. The molecule has 1 atom stereocenters. The van der Waals surface area contributed by atoms with Gasteiger partial charge in [0.1, 0.15) is 0 Å². The van der Waals surface area contributed by atoms with Crippen molar-refractivity contribution in [1.29, 1.82) is 0 Å². The van der Waals surface area contributed by atoms with Crippen molar-refractivity contribution in [2.75, 3.05) is 26.3 Å². The summed E-state index contributed by atoms with van der Waals surface area (Å²) in [5, 5.41) is 5.00. The second-order valence-corrected chi connectivity index (χ2v) is 7.15. The molecule has 1 amide bonds. The third-order valence-electron chi connectivity index (χ3n) is 5.23. The summed E-state index contributed by atoms with van der Waals surface area (Å²) < 4.78 is 12.3. The molecule has 1 saturated heterocycles. The van der Waals surface area contributed by atoms with Crippen LogP contribution in [0.5, 0.6) is 0 Å². The molecule has 0 unspecified atom stereocenters. The van der Waals surface area contributed by atoms with Gasteiger partial charge in [-0.3, -0.25) is 9.59 Å². The van der Waals surface area contributed by atoms with Crippen LogP contribution in [0.2, 0.25) is 0 Å². The van der Waals surface area contributed by atoms with Crippen LogP contribution in [0.25, 0.3) is 10.8 Å². The minimum absolute atomic E-state index is 0.00718. The number of hydrogen-bond acceptors (Lipinski definition) is 6. The van der Waals surface area contributed by atoms with Gasteiger partial charge >= 0.3 is 5.97 Å². The van der Waals surface area contributed by atoms with Crippen molar-refractivity contribution in [2.24, 2.45) is 0 Å². The molecule has 8 heteroatoms. The molecule has 2 heterocycles. The first-order valence-electron chi connectivity index (χ1n) is 10.2. The lowest BCUT2D eigenvalue weighted by Gasteiger charge is -2.30. The molecule has 1 fully saturated rings. The van der Waals surface area contributed by atoms with E-state index in [1.54, 1.807) is 60.4 Å². The number of morpholine rings is 1. The average molecular weight is 421 g/mol. The van der Waals surface area contributed by atoms with Crippen molar-refractivity contribution < 1.29 is 19.1 Å². The molecule has 160 valence electrons. The number of nitrogens with zero attached hydrogens (tertiary/aromatic N) is 3. The predicted molar refractivity (Wildman–Crippen MR) is 114 cm³/mol. The SMILES string of the molecule is CCn1nc(C(=O)O[C@H](C(=O)N2CCOCC2)c2ccccc2)c2ccccc2c1=O. The monoisotopic (exact) mass is 421 g/mol. The summed E-state index contributed by atoms with van der Waals surface area (Å²) in [4.78, 5) is 40.6. The number of benzene rings is 2. The molecule has 2 aromatic carbocycles. The van der Waals surface area contributed by atoms with Crippen LogP contribution in [0.15, 0.2) is 59.4 Å². The molecule has 0 bridgehead atoms. The van der Waals surface area contributed by atoms with E-state index in [9.17, 15) is 14.4 Å². The molecule has 0 aliphatic carbocycles. The molecular weight excluding hydrogens is 398 g/mol. The minimum atomic E-state index is -1.12. The van der Waals surface area contributed by atoms with E-state index in [-0.39, 0.29) is 17.2 Å². The number of esters is 1. The maximum Gasteiger partial charge on any atom is 0.360 e. The fourth-order valence-corrected chi connectivity index (χ4v) is 3.60. The van der Waals surface area contributed by atoms with E-state index >= 15 is 0 Å². The average Bonchev–Trinajstić information content (AvgIpc) is 2.83. The second kappa shape index (κ2) is 9.09. The number of fused-ring (bicyclic) bond motifs is 1. The molecule has 1 aliphatic rings. The number of carbonyl (C=O) groups excluding carboxylic acids is 2. The smallest absolute Gasteiger partial charge is 0.360 e. The van der Waals surface area contributed by atoms with Gasteiger partial charge in [-0.1, -0.05) is 48.5 Å². The van der Waals surface area contributed by atoms with Crippen molar-refractivity contribution in [3.63, 3.8) is 0 Å². The predicted octanol–water partition coefficient (Wildman–Crippen LogP) is 2.17. The van der Waals surface area contributed by atoms with Crippen molar-refractivity contribution in [3.8, 4) is 0 Å². The highest BCUT2D eigenvalue weighted by atomic mass is 16.5. The highest BCUT2D eigenvalue weighted by Gasteiger charge is 2.32. The van der Waals surface area contributed by atoms with Crippen LogP contribution in [0.4, 0.5) is 0 Å². The number of amides is 1. The highest BCUT2D eigenvalue weighted by Crippen LogP contribution is 2.24. The van der Waals surface area contributed by atoms with Crippen LogP contribution in [0.1, 0.15) is 29.1 Å². The molecule has 31 heavy (non-hydrogen) atoms. The highest BCUT2D eigenvalue weighted by molar-refractivity contribution is 6.03. The third kappa shape index (κ3) is 4.20. The fourth-order valence-electron chi connectivity index (χ4n) is 3.60. The molecule has 0 spiro atoms. The lowest BCUT2D eigenvalue weighted by Crippen LogP contribution is -2.44. The van der Waals surface area contributed by atoms with E-state index in [2.05, 4.69) is 5.10 Å². The van der Waals surface area contributed by atoms with Crippen LogP contribution in [-0.2, 0) is 20.8 Å². The Hall–Kier alpha value is -3.52. The Morgan fingerprint density at radius 2 is 1.68 bits per heavy atom. The summed E-state index contributed by atoms with van der Waals surface area (Å²) >= 11 is 0. The number of ether oxygens (including phenoxy) is 2. The summed E-state index contributed by atoms with van der Waals surface area (Å²) in [6.45, 7) is 3.82. The molecule has 1 aromatic heterocycles. The number of aryl methyl sites for hydroxylation is 1. The Bertz CT molecular complexity index is 1150. The first-order chi connectivity index (χ1) is 15.1. The summed E-state index contributed by atoms with van der Waals surface area (Å²) in [6, 6.07) is 15.6. The van der Waals surface area contributed by atoms with Crippen LogP contribution in [-0.4, -0.2) is 52.9 Å². The van der Waals surface area contributed by atoms with Gasteiger partial charge in [-0.05, 0) is 13.0 Å². The van der Waals surface area contributed by atoms with Gasteiger partial charge in [0.15, 0.2) is 5.69 Å². The summed E-state index contributed by atoms with van der Waals surface area (Å²) in [6.07, 6.45) is -1.12. The lowest BCUT2D eigenvalue weighted by atomic mass is 10.1. The first-order valence-corrected chi connectivity index (χ1v) is 10.2. The zero-order chi connectivity index (χ0) is 21.8. The van der Waals surface area contributed by atoms with E-state index in [1.807, 2.05) is 6.07 Å². The quantitative estimate of drug-likeness (QED) is 0.587. The summed E-state index contributed by atoms with van der Waals surface area (Å²) in [5.74, 6) is -1.06. The Balaban J connectivity index is 1.72. The lowest BCUT2D eigenvalue weighted by molar-refractivity contribution is -0.145. The Morgan fingerprint density at radius 3 is 2.35 bits per heavy atom. The van der Waals surface area contributed by atoms with Crippen LogP contribution in [0, 0.1) is 0 Å². The van der Waals surface area contributed by atoms with Crippen LogP contribution in [0.3, 0.4) is 0 Å². The van der Waals surface area contributed by atoms with Gasteiger partial charge in [0.05, 0.1) is 18.6 Å². The normalized spacial score (nSPS) is 14.9. The fraction of sp³-hybridized carbons (Fsp3) is 0.304. The third-order valence-corrected chi connectivity index (χ3v) is 5.23. The van der Waals surface area contributed by atoms with E-state index < -0.39 is 12.1 Å². The molecule has 3 aromatic rings. The molecule has 1 aliphatic heterocycles. The Labute approximate surface area is 179 Å². The van der Waals surface area contributed by atoms with E-state index in [4.69, 9.17) is 9.47 Å². The number of aromatic nitrogens is 2. The molecule has 0 saturated carbocycles. The standard InChI is InChI=1S/C23H23N3O5/c1-2-26-21(27)18-11-7-6-10-17(18)19(24-26)23(29)31-20(16-8-4-3-5-9-16)22(28)25-12-14-30-15-13-25/h3-11,20H,2,12-15H2,1H3/t20-/m0/s1. The maximum atomic E-state index is 13.2. The Morgan fingerprint density at radius 1 is 1.03 bits per heavy atom. The largest absolute Gasteiger partial charge is 0.442 e. The van der Waals surface area contributed by atoms with Gasteiger partial charge in [0, 0.05) is 30.6 Å². The zero-order valence-electron chi connectivity index (χ0n) is 17.2. The van der Waals surface area contributed by atoms with Gasteiger partial charge in [0.2, 0.25) is 6.10 Å². The molecule has 0 radical (unpaired) electrons. The van der Waals surface area contributed by atoms with E-state index in [0.29, 0.717) is 49.2 Å². The van der Waals surface area contributed by atoms with Crippen molar-refractivity contribution in [2.45, 2.75) is 19.6 Å². The van der Waals surface area contributed by atoms with Gasteiger partial charge in [-0.2, -0.15) is 5.10 Å². The molecule has 0 N–H and O–H groups in total. The van der Waals surface area contributed by atoms with E-state index in [1.165, 1.54) is 4.68 Å². The number of carbonyl (C=O) groups is 2. The zero-order valence-corrected chi connectivity index (χ0v) is 17.2. The van der Waals surface area contributed by atoms with Gasteiger partial charge in [-0.25, -0.2) is 9.48 Å². The molecular formula is C23H23N3O5. The van der Waals surface area contributed by atoms with Gasteiger partial charge < -0.3 is 14.4 Å². The molecule has 8 nitrogen and oxygen atoms in total. The van der Waals surface area contributed by atoms with Crippen LogP contribution < -0.4 is 5.56 Å². The van der Waals surface area contributed by atoms with Gasteiger partial charge in [0.25, 0.3) is 11.5 Å². The maximum absolute atomic E-state index is 13.2.